The van der Waals surface area contributed by atoms with E-state index < -0.39 is 5.97 Å². The number of pyridine rings is 1. The van der Waals surface area contributed by atoms with E-state index in [9.17, 15) is 4.79 Å². The van der Waals surface area contributed by atoms with Gasteiger partial charge in [0.1, 0.15) is 5.82 Å². The van der Waals surface area contributed by atoms with Crippen LogP contribution in [0, 0.1) is 13.8 Å². The smallest absolute Gasteiger partial charge is 0.376 e. The summed E-state index contributed by atoms with van der Waals surface area (Å²) in [4.78, 5) is 15.9. The van der Waals surface area contributed by atoms with Crippen LogP contribution in [0.25, 0.3) is 0 Å². The minimum atomic E-state index is -0.454. The molecule has 0 unspecified atom stereocenters. The second kappa shape index (κ2) is 5.60. The van der Waals surface area contributed by atoms with Crippen molar-refractivity contribution in [1.82, 2.24) is 19.7 Å². The molecular formula is C13H16N4O2. The van der Waals surface area contributed by atoms with Crippen molar-refractivity contribution in [3.63, 3.8) is 0 Å². The van der Waals surface area contributed by atoms with Gasteiger partial charge in [-0.2, -0.15) is 0 Å². The fourth-order valence-electron chi connectivity index (χ4n) is 1.75. The van der Waals surface area contributed by atoms with E-state index in [1.165, 1.54) is 0 Å². The lowest BCUT2D eigenvalue weighted by Crippen LogP contribution is -2.15. The lowest BCUT2D eigenvalue weighted by atomic mass is 10.1. The van der Waals surface area contributed by atoms with Crippen molar-refractivity contribution in [3.05, 3.63) is 41.2 Å². The van der Waals surface area contributed by atoms with E-state index in [0.717, 1.165) is 11.1 Å². The highest BCUT2D eigenvalue weighted by Gasteiger charge is 2.18. The normalized spacial score (nSPS) is 10.5. The maximum Gasteiger partial charge on any atom is 0.376 e. The van der Waals surface area contributed by atoms with Crippen molar-refractivity contribution in [1.29, 1.82) is 0 Å². The maximum atomic E-state index is 11.8. The van der Waals surface area contributed by atoms with Crippen LogP contribution in [0.4, 0.5) is 0 Å². The van der Waals surface area contributed by atoms with Crippen molar-refractivity contribution in [2.75, 3.05) is 6.61 Å². The van der Waals surface area contributed by atoms with Crippen molar-refractivity contribution in [3.8, 4) is 0 Å². The number of carbonyl (C=O) groups excluding carboxylic acids is 1. The largest absolute Gasteiger partial charge is 0.460 e. The van der Waals surface area contributed by atoms with Crippen LogP contribution < -0.4 is 0 Å². The molecule has 0 saturated heterocycles. The summed E-state index contributed by atoms with van der Waals surface area (Å²) in [6, 6.07) is 1.93. The lowest BCUT2D eigenvalue weighted by Gasteiger charge is -2.09. The zero-order valence-electron chi connectivity index (χ0n) is 11.3. The number of aryl methyl sites for hydroxylation is 2. The van der Waals surface area contributed by atoms with E-state index in [-0.39, 0.29) is 5.82 Å². The number of nitrogens with zero attached hydrogens (tertiary/aromatic N) is 4. The molecule has 0 spiro atoms. The zero-order valence-corrected chi connectivity index (χ0v) is 11.3. The Hall–Kier alpha value is -2.24. The second-order valence-corrected chi connectivity index (χ2v) is 4.18. The molecule has 0 atom stereocenters. The Morgan fingerprint density at radius 3 is 2.84 bits per heavy atom. The third kappa shape index (κ3) is 2.78. The molecule has 2 aromatic rings. The number of hydrogen-bond donors (Lipinski definition) is 0. The van der Waals surface area contributed by atoms with Crippen molar-refractivity contribution in [2.45, 2.75) is 27.3 Å². The first-order chi connectivity index (χ1) is 9.13. The van der Waals surface area contributed by atoms with Gasteiger partial charge in [-0.25, -0.2) is 4.79 Å². The molecule has 2 heterocycles. The second-order valence-electron chi connectivity index (χ2n) is 4.18. The Balaban J connectivity index is 2.32. The van der Waals surface area contributed by atoms with Crippen LogP contribution in [-0.4, -0.2) is 32.3 Å². The number of hydrogen-bond acceptors (Lipinski definition) is 5. The van der Waals surface area contributed by atoms with Crippen LogP contribution in [0.1, 0.15) is 34.5 Å². The summed E-state index contributed by atoms with van der Waals surface area (Å²) < 4.78 is 6.71. The third-order valence-electron chi connectivity index (χ3n) is 2.87. The highest BCUT2D eigenvalue weighted by Crippen LogP contribution is 2.11. The Labute approximate surface area is 111 Å². The average Bonchev–Trinajstić information content (AvgIpc) is 2.74. The molecule has 0 radical (unpaired) electrons. The van der Waals surface area contributed by atoms with Gasteiger partial charge in [0.25, 0.3) is 0 Å². The summed E-state index contributed by atoms with van der Waals surface area (Å²) in [7, 11) is 0. The summed E-state index contributed by atoms with van der Waals surface area (Å²) in [5.74, 6) is 0.443. The van der Waals surface area contributed by atoms with Crippen LogP contribution in [-0.2, 0) is 11.3 Å². The van der Waals surface area contributed by atoms with Gasteiger partial charge in [-0.1, -0.05) is 0 Å². The van der Waals surface area contributed by atoms with Gasteiger partial charge >= 0.3 is 5.97 Å². The topological polar surface area (TPSA) is 69.9 Å². The van der Waals surface area contributed by atoms with Gasteiger partial charge in [0.15, 0.2) is 0 Å². The standard InChI is InChI=1S/C13H16N4O2/c1-4-19-13(18)12-16-15-10(3)17(12)8-11-7-14-6-5-9(11)2/h5-7H,4,8H2,1-3H3. The molecule has 0 bridgehead atoms. The molecule has 0 saturated carbocycles. The average molecular weight is 260 g/mol. The molecule has 0 aliphatic carbocycles. The summed E-state index contributed by atoms with van der Waals surface area (Å²) in [6.45, 7) is 6.39. The fourth-order valence-corrected chi connectivity index (χ4v) is 1.75. The predicted molar refractivity (Wildman–Crippen MR) is 68.8 cm³/mol. The Kier molecular flexibility index (Phi) is 3.89. The van der Waals surface area contributed by atoms with E-state index in [1.54, 1.807) is 30.8 Å². The molecule has 6 nitrogen and oxygen atoms in total. The van der Waals surface area contributed by atoms with Crippen LogP contribution in [0.2, 0.25) is 0 Å². The number of carbonyl (C=O) groups is 1. The Bertz CT molecular complexity index is 592. The molecule has 0 amide bonds. The summed E-state index contributed by atoms with van der Waals surface area (Å²) in [6.07, 6.45) is 3.52. The van der Waals surface area contributed by atoms with E-state index in [2.05, 4.69) is 15.2 Å². The first-order valence-electron chi connectivity index (χ1n) is 6.10. The van der Waals surface area contributed by atoms with E-state index in [4.69, 9.17) is 4.74 Å². The Morgan fingerprint density at radius 1 is 1.37 bits per heavy atom. The molecule has 0 aromatic carbocycles. The van der Waals surface area contributed by atoms with Gasteiger partial charge < -0.3 is 9.30 Å². The Morgan fingerprint density at radius 2 is 2.16 bits per heavy atom. The summed E-state index contributed by atoms with van der Waals surface area (Å²) in [5.41, 5.74) is 2.13. The molecular weight excluding hydrogens is 244 g/mol. The molecule has 0 aliphatic heterocycles. The SMILES string of the molecule is CCOC(=O)c1nnc(C)n1Cc1cnccc1C. The van der Waals surface area contributed by atoms with Crippen molar-refractivity contribution in [2.24, 2.45) is 0 Å². The third-order valence-corrected chi connectivity index (χ3v) is 2.87. The van der Waals surface area contributed by atoms with Crippen LogP contribution in [0.3, 0.4) is 0 Å². The predicted octanol–water partition coefficient (Wildman–Crippen LogP) is 1.51. The van der Waals surface area contributed by atoms with Gasteiger partial charge in [0, 0.05) is 12.4 Å². The number of esters is 1. The molecule has 2 aromatic heterocycles. The molecule has 0 aliphatic rings. The molecule has 0 fully saturated rings. The first kappa shape index (κ1) is 13.2. The van der Waals surface area contributed by atoms with Gasteiger partial charge in [-0.3, -0.25) is 4.98 Å². The van der Waals surface area contributed by atoms with E-state index in [0.29, 0.717) is 19.0 Å². The van der Waals surface area contributed by atoms with E-state index >= 15 is 0 Å². The van der Waals surface area contributed by atoms with Gasteiger partial charge in [-0.05, 0) is 38.0 Å². The van der Waals surface area contributed by atoms with Crippen LogP contribution >= 0.6 is 0 Å². The number of aromatic nitrogens is 4. The number of rotatable bonds is 4. The quantitative estimate of drug-likeness (QED) is 0.779. The highest BCUT2D eigenvalue weighted by molar-refractivity contribution is 5.85. The minimum absolute atomic E-state index is 0.225. The molecule has 0 N–H and O–H groups in total. The minimum Gasteiger partial charge on any atom is -0.460 e. The van der Waals surface area contributed by atoms with Gasteiger partial charge in [0.2, 0.25) is 5.82 Å². The first-order valence-corrected chi connectivity index (χ1v) is 6.10. The van der Waals surface area contributed by atoms with Crippen molar-refractivity contribution < 1.29 is 9.53 Å². The number of ether oxygens (including phenoxy) is 1. The lowest BCUT2D eigenvalue weighted by molar-refractivity contribution is 0.0506. The molecule has 100 valence electrons. The fraction of sp³-hybridized carbons (Fsp3) is 0.385. The monoisotopic (exact) mass is 260 g/mol. The van der Waals surface area contributed by atoms with Gasteiger partial charge in [0.05, 0.1) is 13.2 Å². The summed E-state index contributed by atoms with van der Waals surface area (Å²) >= 11 is 0. The van der Waals surface area contributed by atoms with Gasteiger partial charge in [-0.15, -0.1) is 10.2 Å². The van der Waals surface area contributed by atoms with Crippen molar-refractivity contribution >= 4 is 5.97 Å². The van der Waals surface area contributed by atoms with Crippen LogP contribution in [0.15, 0.2) is 18.5 Å². The molecule has 6 heteroatoms. The molecule has 2 rings (SSSR count). The summed E-state index contributed by atoms with van der Waals surface area (Å²) in [5, 5.41) is 7.82. The van der Waals surface area contributed by atoms with E-state index in [1.807, 2.05) is 13.0 Å². The van der Waals surface area contributed by atoms with Crippen LogP contribution in [0.5, 0.6) is 0 Å². The maximum absolute atomic E-state index is 11.8. The zero-order chi connectivity index (χ0) is 13.8. The highest BCUT2D eigenvalue weighted by atomic mass is 16.5. The molecule has 19 heavy (non-hydrogen) atoms.